The van der Waals surface area contributed by atoms with Gasteiger partial charge in [0.25, 0.3) is 0 Å². The molecule has 4 rings (SSSR count). The van der Waals surface area contributed by atoms with Crippen LogP contribution in [0.5, 0.6) is 0 Å². The van der Waals surface area contributed by atoms with E-state index in [1.54, 1.807) is 0 Å². The van der Waals surface area contributed by atoms with Crippen molar-refractivity contribution in [3.05, 3.63) is 64.5 Å². The van der Waals surface area contributed by atoms with Crippen molar-refractivity contribution in [3.63, 3.8) is 0 Å². The van der Waals surface area contributed by atoms with Gasteiger partial charge in [0.1, 0.15) is 11.6 Å². The second kappa shape index (κ2) is 9.86. The van der Waals surface area contributed by atoms with E-state index in [0.29, 0.717) is 11.5 Å². The maximum atomic E-state index is 13.6. The molecule has 0 amide bonds. The molecule has 166 valence electrons. The summed E-state index contributed by atoms with van der Waals surface area (Å²) in [6.07, 6.45) is 8.90. The van der Waals surface area contributed by atoms with Crippen LogP contribution < -0.4 is 0 Å². The van der Waals surface area contributed by atoms with Crippen LogP contribution >= 0.6 is 0 Å². The lowest BCUT2D eigenvalue weighted by Gasteiger charge is -2.44. The number of aromatic nitrogens is 1. The van der Waals surface area contributed by atoms with Crippen LogP contribution in [0.2, 0.25) is 0 Å². The number of nitrogens with zero attached hydrogens (tertiary/aromatic N) is 2. The largest absolute Gasteiger partial charge is 0.481 e. The van der Waals surface area contributed by atoms with Gasteiger partial charge in [-0.05, 0) is 80.2 Å². The van der Waals surface area contributed by atoms with E-state index in [-0.39, 0.29) is 6.42 Å². The number of unbranched alkanes of at least 4 members (excludes halogenated alkanes) is 1. The van der Waals surface area contributed by atoms with Crippen LogP contribution in [0.4, 0.5) is 8.78 Å². The minimum atomic E-state index is -0.962. The summed E-state index contributed by atoms with van der Waals surface area (Å²) in [5.41, 5.74) is 4.29. The van der Waals surface area contributed by atoms with Gasteiger partial charge in [-0.1, -0.05) is 12.5 Å². The summed E-state index contributed by atoms with van der Waals surface area (Å²) in [7, 11) is 0. The van der Waals surface area contributed by atoms with Crippen LogP contribution in [0, 0.1) is 17.6 Å². The molecule has 2 aliphatic rings. The molecule has 1 aliphatic carbocycles. The van der Waals surface area contributed by atoms with Crippen molar-refractivity contribution in [1.29, 1.82) is 0 Å². The molecule has 0 radical (unpaired) electrons. The standard InChI is InChI=1S/C25H30F2N2O2/c26-20-11-19(12-21(27)13-20)24(14-25(30)31)29-15-17(16-29)5-1-3-7-22-10-9-18-6-2-4-8-23(18)28-22/h9-13,17,24H,1-8,14-16H2,(H,30,31)/t24-/m0/s1. The first-order chi connectivity index (χ1) is 15.0. The molecule has 1 N–H and O–H groups in total. The van der Waals surface area contributed by atoms with E-state index >= 15 is 0 Å². The number of aryl methyl sites for hydroxylation is 3. The lowest BCUT2D eigenvalue weighted by atomic mass is 9.89. The quantitative estimate of drug-likeness (QED) is 0.565. The van der Waals surface area contributed by atoms with Gasteiger partial charge in [-0.3, -0.25) is 14.7 Å². The van der Waals surface area contributed by atoms with E-state index < -0.39 is 23.6 Å². The molecule has 0 saturated carbocycles. The fourth-order valence-corrected chi connectivity index (χ4v) is 4.94. The topological polar surface area (TPSA) is 53.4 Å². The first-order valence-electron chi connectivity index (χ1n) is 11.4. The molecule has 4 nitrogen and oxygen atoms in total. The molecule has 1 saturated heterocycles. The monoisotopic (exact) mass is 428 g/mol. The zero-order valence-corrected chi connectivity index (χ0v) is 17.8. The highest BCUT2D eigenvalue weighted by Gasteiger charge is 2.34. The van der Waals surface area contributed by atoms with Gasteiger partial charge in [0, 0.05) is 36.6 Å². The SMILES string of the molecule is O=C(O)C[C@@H](c1cc(F)cc(F)c1)N1CC(CCCCc2ccc3c(n2)CCCC3)C1. The van der Waals surface area contributed by atoms with Crippen LogP contribution in [-0.4, -0.2) is 34.0 Å². The summed E-state index contributed by atoms with van der Waals surface area (Å²) in [4.78, 5) is 18.2. The number of carboxylic acids is 1. The Kier molecular flexibility index (Phi) is 6.96. The summed E-state index contributed by atoms with van der Waals surface area (Å²) >= 11 is 0. The van der Waals surface area contributed by atoms with Crippen LogP contribution in [-0.2, 0) is 24.1 Å². The van der Waals surface area contributed by atoms with Gasteiger partial charge < -0.3 is 5.11 Å². The number of carboxylic acid groups (broad SMARTS) is 1. The Morgan fingerprint density at radius 3 is 2.58 bits per heavy atom. The molecule has 2 aromatic rings. The maximum absolute atomic E-state index is 13.6. The number of aliphatic carboxylic acids is 1. The number of hydrogen-bond acceptors (Lipinski definition) is 3. The average molecular weight is 429 g/mol. The Morgan fingerprint density at radius 1 is 1.10 bits per heavy atom. The van der Waals surface area contributed by atoms with Gasteiger partial charge in [-0.15, -0.1) is 0 Å². The number of halogens is 2. The van der Waals surface area contributed by atoms with Crippen LogP contribution in [0.25, 0.3) is 0 Å². The molecule has 0 bridgehead atoms. The smallest absolute Gasteiger partial charge is 0.305 e. The molecule has 31 heavy (non-hydrogen) atoms. The maximum Gasteiger partial charge on any atom is 0.305 e. The first kappa shape index (κ1) is 21.9. The van der Waals surface area contributed by atoms with Gasteiger partial charge in [0.15, 0.2) is 0 Å². The molecule has 1 aromatic heterocycles. The zero-order valence-electron chi connectivity index (χ0n) is 17.8. The van der Waals surface area contributed by atoms with E-state index in [9.17, 15) is 18.7 Å². The van der Waals surface area contributed by atoms with Crippen molar-refractivity contribution in [2.45, 2.75) is 63.8 Å². The molecular weight excluding hydrogens is 398 g/mol. The number of pyridine rings is 1. The van der Waals surface area contributed by atoms with Gasteiger partial charge in [0.2, 0.25) is 0 Å². The van der Waals surface area contributed by atoms with Crippen molar-refractivity contribution < 1.29 is 18.7 Å². The number of likely N-dealkylation sites (tertiary alicyclic amines) is 1. The predicted molar refractivity (Wildman–Crippen MR) is 115 cm³/mol. The molecular formula is C25H30F2N2O2. The molecule has 1 fully saturated rings. The molecule has 6 heteroatoms. The lowest BCUT2D eigenvalue weighted by Crippen LogP contribution is -2.48. The van der Waals surface area contributed by atoms with Crippen molar-refractivity contribution in [2.24, 2.45) is 5.92 Å². The lowest BCUT2D eigenvalue weighted by molar-refractivity contribution is -0.139. The number of hydrogen-bond donors (Lipinski definition) is 1. The summed E-state index contributed by atoms with van der Waals surface area (Å²) in [5.74, 6) is -1.79. The van der Waals surface area contributed by atoms with Gasteiger partial charge in [-0.25, -0.2) is 8.78 Å². The van der Waals surface area contributed by atoms with Crippen molar-refractivity contribution in [2.75, 3.05) is 13.1 Å². The second-order valence-corrected chi connectivity index (χ2v) is 9.00. The second-order valence-electron chi connectivity index (χ2n) is 9.00. The zero-order chi connectivity index (χ0) is 21.8. The Bertz CT molecular complexity index is 907. The molecule has 1 atom stereocenters. The molecule has 1 aromatic carbocycles. The van der Waals surface area contributed by atoms with Crippen molar-refractivity contribution in [1.82, 2.24) is 9.88 Å². The molecule has 1 aliphatic heterocycles. The highest BCUT2D eigenvalue weighted by atomic mass is 19.1. The Balaban J connectivity index is 1.24. The number of benzene rings is 1. The van der Waals surface area contributed by atoms with Crippen LogP contribution in [0.3, 0.4) is 0 Å². The fraction of sp³-hybridized carbons (Fsp3) is 0.520. The third kappa shape index (κ3) is 5.67. The molecule has 2 heterocycles. The highest BCUT2D eigenvalue weighted by Crippen LogP contribution is 2.34. The van der Waals surface area contributed by atoms with Crippen molar-refractivity contribution >= 4 is 5.97 Å². The van der Waals surface area contributed by atoms with E-state index in [1.807, 2.05) is 4.90 Å². The van der Waals surface area contributed by atoms with E-state index in [2.05, 4.69) is 12.1 Å². The Morgan fingerprint density at radius 2 is 1.84 bits per heavy atom. The third-order valence-electron chi connectivity index (χ3n) is 6.59. The van der Waals surface area contributed by atoms with Crippen LogP contribution in [0.1, 0.15) is 67.1 Å². The summed E-state index contributed by atoms with van der Waals surface area (Å²) < 4.78 is 27.2. The minimum Gasteiger partial charge on any atom is -0.481 e. The number of fused-ring (bicyclic) bond motifs is 1. The van der Waals surface area contributed by atoms with Gasteiger partial charge in [0.05, 0.1) is 6.42 Å². The van der Waals surface area contributed by atoms with Gasteiger partial charge in [-0.2, -0.15) is 0 Å². The summed E-state index contributed by atoms with van der Waals surface area (Å²) in [5, 5.41) is 9.25. The molecule has 0 spiro atoms. The summed E-state index contributed by atoms with van der Waals surface area (Å²) in [6.45, 7) is 1.54. The van der Waals surface area contributed by atoms with Gasteiger partial charge >= 0.3 is 5.97 Å². The number of carbonyl (C=O) groups is 1. The van der Waals surface area contributed by atoms with E-state index in [1.165, 1.54) is 41.9 Å². The minimum absolute atomic E-state index is 0.153. The first-order valence-corrected chi connectivity index (χ1v) is 11.4. The van der Waals surface area contributed by atoms with Crippen molar-refractivity contribution in [3.8, 4) is 0 Å². The fourth-order valence-electron chi connectivity index (χ4n) is 4.94. The van der Waals surface area contributed by atoms with E-state index in [4.69, 9.17) is 4.98 Å². The Labute approximate surface area is 182 Å². The number of rotatable bonds is 9. The third-order valence-corrected chi connectivity index (χ3v) is 6.59. The average Bonchev–Trinajstić information content (AvgIpc) is 2.70. The predicted octanol–water partition coefficient (Wildman–Crippen LogP) is 5.10. The van der Waals surface area contributed by atoms with Crippen LogP contribution in [0.15, 0.2) is 30.3 Å². The highest BCUT2D eigenvalue weighted by molar-refractivity contribution is 5.68. The summed E-state index contributed by atoms with van der Waals surface area (Å²) in [6, 6.07) is 7.24. The molecule has 0 unspecified atom stereocenters. The Hall–Kier alpha value is -2.34. The van der Waals surface area contributed by atoms with E-state index in [0.717, 1.165) is 57.7 Å². The normalized spacial score (nSPS) is 17.7.